The van der Waals surface area contributed by atoms with Crippen LogP contribution < -0.4 is 0 Å². The van der Waals surface area contributed by atoms with Gasteiger partial charge in [0.05, 0.1) is 19.6 Å². The molecule has 0 saturated heterocycles. The van der Waals surface area contributed by atoms with Crippen LogP contribution in [0.3, 0.4) is 0 Å². The Morgan fingerprint density at radius 1 is 0.520 bits per heavy atom. The molecule has 0 unspecified atom stereocenters. The lowest BCUT2D eigenvalue weighted by molar-refractivity contribution is 0.594. The van der Waals surface area contributed by atoms with Crippen molar-refractivity contribution in [3.05, 3.63) is 83.9 Å². The van der Waals surface area contributed by atoms with Crippen LogP contribution >= 0.6 is 11.6 Å². The predicted octanol–water partition coefficient (Wildman–Crippen LogP) is 4.01. The van der Waals surface area contributed by atoms with Crippen LogP contribution in [0.25, 0.3) is 0 Å². The highest BCUT2D eigenvalue weighted by molar-refractivity contribution is 7.92. The zero-order valence-corrected chi connectivity index (χ0v) is 15.2. The highest BCUT2D eigenvalue weighted by Gasteiger charge is 2.23. The van der Waals surface area contributed by atoms with Gasteiger partial charge in [-0.05, 0) is 42.5 Å². The van der Waals surface area contributed by atoms with Gasteiger partial charge in [-0.15, -0.1) is 0 Å². The third kappa shape index (κ3) is 3.46. The molecule has 3 rings (SSSR count). The summed E-state index contributed by atoms with van der Waals surface area (Å²) in [6.45, 7) is 0. The summed E-state index contributed by atoms with van der Waals surface area (Å²) in [4.78, 5) is -0.193. The van der Waals surface area contributed by atoms with Crippen molar-refractivity contribution in [3.63, 3.8) is 0 Å². The summed E-state index contributed by atoms with van der Waals surface area (Å²) in [5, 5.41) is 0.0338. The Labute approximate surface area is 151 Å². The van der Waals surface area contributed by atoms with Gasteiger partial charge in [0.25, 0.3) is 0 Å². The van der Waals surface area contributed by atoms with Crippen molar-refractivity contribution in [1.29, 1.82) is 0 Å². The average Bonchev–Trinajstić information content (AvgIpc) is 2.62. The molecule has 0 atom stereocenters. The largest absolute Gasteiger partial charge is 0.219 e. The highest BCUT2D eigenvalue weighted by Crippen LogP contribution is 2.29. The molecule has 0 aromatic heterocycles. The molecule has 0 fully saturated rings. The minimum absolute atomic E-state index is 0.0338. The topological polar surface area (TPSA) is 68.3 Å². The number of hydrogen-bond acceptors (Lipinski definition) is 4. The fourth-order valence-electron chi connectivity index (χ4n) is 2.32. The summed E-state index contributed by atoms with van der Waals surface area (Å²) in [5.74, 6) is 0. The molecular formula is C18H13ClO4S2. The lowest BCUT2D eigenvalue weighted by Crippen LogP contribution is -2.06. The number of benzene rings is 3. The maximum absolute atomic E-state index is 12.7. The van der Waals surface area contributed by atoms with Gasteiger partial charge in [-0.1, -0.05) is 48.0 Å². The zero-order valence-electron chi connectivity index (χ0n) is 12.8. The quantitative estimate of drug-likeness (QED) is 0.672. The van der Waals surface area contributed by atoms with E-state index < -0.39 is 19.7 Å². The van der Waals surface area contributed by atoms with E-state index in [4.69, 9.17) is 11.6 Å². The van der Waals surface area contributed by atoms with Gasteiger partial charge >= 0.3 is 0 Å². The Balaban J connectivity index is 2.18. The van der Waals surface area contributed by atoms with Crippen molar-refractivity contribution in [2.24, 2.45) is 0 Å². The molecule has 0 aliphatic heterocycles. The molecule has 0 bridgehead atoms. The first-order valence-corrected chi connectivity index (χ1v) is 10.6. The second kappa shape index (κ2) is 6.63. The minimum atomic E-state index is -3.88. The number of sulfone groups is 2. The molecule has 0 aliphatic rings. The molecule has 0 N–H and O–H groups in total. The Kier molecular flexibility index (Phi) is 4.69. The van der Waals surface area contributed by atoms with Crippen LogP contribution in [0.1, 0.15) is 0 Å². The van der Waals surface area contributed by atoms with Crippen molar-refractivity contribution in [3.8, 4) is 0 Å². The molecule has 25 heavy (non-hydrogen) atoms. The third-order valence-corrected chi connectivity index (χ3v) is 7.29. The first-order valence-electron chi connectivity index (χ1n) is 7.23. The van der Waals surface area contributed by atoms with E-state index in [-0.39, 0.29) is 24.6 Å². The van der Waals surface area contributed by atoms with E-state index in [0.29, 0.717) is 0 Å². The fourth-order valence-corrected chi connectivity index (χ4v) is 5.46. The molecule has 0 saturated carbocycles. The summed E-state index contributed by atoms with van der Waals surface area (Å²) in [7, 11) is -7.75. The van der Waals surface area contributed by atoms with Crippen LogP contribution in [0.2, 0.25) is 5.02 Å². The standard InChI is InChI=1S/C18H13ClO4S2/c19-14-11-17(24(20,21)15-7-3-1-4-8-15)13-18(12-14)25(22,23)16-9-5-2-6-10-16/h1-13H. The van der Waals surface area contributed by atoms with Crippen LogP contribution in [0.15, 0.2) is 98.4 Å². The second-order valence-corrected chi connectivity index (χ2v) is 9.59. The average molecular weight is 393 g/mol. The van der Waals surface area contributed by atoms with E-state index >= 15 is 0 Å². The van der Waals surface area contributed by atoms with Gasteiger partial charge in [-0.2, -0.15) is 0 Å². The molecule has 0 spiro atoms. The van der Waals surface area contributed by atoms with Crippen LogP contribution in [-0.2, 0) is 19.7 Å². The van der Waals surface area contributed by atoms with E-state index in [2.05, 4.69) is 0 Å². The Morgan fingerprint density at radius 3 is 1.24 bits per heavy atom. The smallest absolute Gasteiger partial charge is 0.206 e. The molecular weight excluding hydrogens is 380 g/mol. The molecule has 4 nitrogen and oxygen atoms in total. The maximum atomic E-state index is 12.7. The van der Waals surface area contributed by atoms with Crippen molar-refractivity contribution >= 4 is 31.3 Å². The van der Waals surface area contributed by atoms with Gasteiger partial charge in [-0.3, -0.25) is 0 Å². The van der Waals surface area contributed by atoms with E-state index in [9.17, 15) is 16.8 Å². The fraction of sp³-hybridized carbons (Fsp3) is 0. The van der Waals surface area contributed by atoms with Gasteiger partial charge in [0.2, 0.25) is 19.7 Å². The molecule has 3 aromatic rings. The van der Waals surface area contributed by atoms with Crippen LogP contribution in [-0.4, -0.2) is 16.8 Å². The molecule has 0 amide bonds. The van der Waals surface area contributed by atoms with Crippen LogP contribution in [0.4, 0.5) is 0 Å². The summed E-state index contributed by atoms with van der Waals surface area (Å²) in [5.41, 5.74) is 0. The van der Waals surface area contributed by atoms with Gasteiger partial charge in [0.15, 0.2) is 0 Å². The van der Waals surface area contributed by atoms with Crippen molar-refractivity contribution in [1.82, 2.24) is 0 Å². The van der Waals surface area contributed by atoms with E-state index in [0.717, 1.165) is 6.07 Å². The molecule has 7 heteroatoms. The number of halogens is 1. The third-order valence-electron chi connectivity index (χ3n) is 3.57. The molecule has 3 aromatic carbocycles. The molecule has 0 radical (unpaired) electrons. The summed E-state index contributed by atoms with van der Waals surface area (Å²) < 4.78 is 51.0. The van der Waals surface area contributed by atoms with Crippen LogP contribution in [0.5, 0.6) is 0 Å². The van der Waals surface area contributed by atoms with E-state index in [1.807, 2.05) is 0 Å². The Bertz CT molecular complexity index is 1020. The summed E-state index contributed by atoms with van der Waals surface area (Å²) in [6.07, 6.45) is 0. The van der Waals surface area contributed by atoms with Crippen molar-refractivity contribution in [2.45, 2.75) is 19.6 Å². The van der Waals surface area contributed by atoms with Crippen molar-refractivity contribution in [2.75, 3.05) is 0 Å². The van der Waals surface area contributed by atoms with Gasteiger partial charge in [0.1, 0.15) is 0 Å². The Hall–Kier alpha value is -2.15. The molecule has 0 heterocycles. The number of hydrogen-bond donors (Lipinski definition) is 0. The minimum Gasteiger partial charge on any atom is -0.219 e. The maximum Gasteiger partial charge on any atom is 0.206 e. The highest BCUT2D eigenvalue weighted by atomic mass is 35.5. The SMILES string of the molecule is O=S(=O)(c1ccccc1)c1cc(Cl)cc(S(=O)(=O)c2ccccc2)c1. The Morgan fingerprint density at radius 2 is 0.880 bits per heavy atom. The lowest BCUT2D eigenvalue weighted by Gasteiger charge is -2.09. The van der Waals surface area contributed by atoms with Gasteiger partial charge in [-0.25, -0.2) is 16.8 Å². The predicted molar refractivity (Wildman–Crippen MR) is 95.2 cm³/mol. The monoisotopic (exact) mass is 392 g/mol. The van der Waals surface area contributed by atoms with E-state index in [1.165, 1.54) is 36.4 Å². The molecule has 128 valence electrons. The first-order chi connectivity index (χ1) is 11.8. The normalized spacial score (nSPS) is 12.0. The van der Waals surface area contributed by atoms with Gasteiger partial charge < -0.3 is 0 Å². The summed E-state index contributed by atoms with van der Waals surface area (Å²) >= 11 is 6.01. The number of rotatable bonds is 4. The summed E-state index contributed by atoms with van der Waals surface area (Å²) in [6, 6.07) is 19.2. The molecule has 0 aliphatic carbocycles. The lowest BCUT2D eigenvalue weighted by atomic mass is 10.4. The van der Waals surface area contributed by atoms with Crippen LogP contribution in [0, 0.1) is 0 Å². The zero-order chi connectivity index (χ0) is 18.1. The van der Waals surface area contributed by atoms with Gasteiger partial charge in [0, 0.05) is 5.02 Å². The first kappa shape index (κ1) is 17.7. The van der Waals surface area contributed by atoms with E-state index in [1.54, 1.807) is 36.4 Å². The van der Waals surface area contributed by atoms with Crippen molar-refractivity contribution < 1.29 is 16.8 Å². The second-order valence-electron chi connectivity index (χ2n) is 5.26.